The molecular formula is C32H42O7. The van der Waals surface area contributed by atoms with Crippen molar-refractivity contribution >= 4 is 0 Å². The van der Waals surface area contributed by atoms with Gasteiger partial charge < -0.3 is 33.5 Å². The lowest BCUT2D eigenvalue weighted by Crippen LogP contribution is -2.35. The molecule has 0 aliphatic rings. The van der Waals surface area contributed by atoms with Crippen LogP contribution in [0.2, 0.25) is 0 Å². The standard InChI is InChI=1S/C32H42O7/c33-16-17-34-18-19-35-20-21-36-22-23-37-24-25-38-26-27-39-28-32(29-10-4-1-5-11-29,30-12-6-2-7-13-30)31-14-8-3-9-15-31/h1-15,33H,16-28H2. The fourth-order valence-electron chi connectivity index (χ4n) is 4.31. The highest BCUT2D eigenvalue weighted by Crippen LogP contribution is 2.39. The summed E-state index contributed by atoms with van der Waals surface area (Å²) in [4.78, 5) is 0. The molecule has 0 bridgehead atoms. The summed E-state index contributed by atoms with van der Waals surface area (Å²) in [6, 6.07) is 31.6. The van der Waals surface area contributed by atoms with Crippen molar-refractivity contribution in [3.63, 3.8) is 0 Å². The van der Waals surface area contributed by atoms with Crippen LogP contribution >= 0.6 is 0 Å². The van der Waals surface area contributed by atoms with Crippen molar-refractivity contribution < 1.29 is 33.5 Å². The Morgan fingerprint density at radius 2 is 0.667 bits per heavy atom. The second-order valence-electron chi connectivity index (χ2n) is 8.84. The van der Waals surface area contributed by atoms with Crippen molar-refractivity contribution in [3.05, 3.63) is 108 Å². The lowest BCUT2D eigenvalue weighted by molar-refractivity contribution is -0.0192. The number of hydrogen-bond donors (Lipinski definition) is 1. The lowest BCUT2D eigenvalue weighted by atomic mass is 9.70. The van der Waals surface area contributed by atoms with Crippen LogP contribution in [0.4, 0.5) is 0 Å². The van der Waals surface area contributed by atoms with Crippen molar-refractivity contribution in [2.24, 2.45) is 0 Å². The van der Waals surface area contributed by atoms with Crippen LogP contribution in [0.1, 0.15) is 16.7 Å². The number of benzene rings is 3. The molecule has 3 aromatic rings. The van der Waals surface area contributed by atoms with Crippen LogP contribution in [0.25, 0.3) is 0 Å². The molecule has 3 rings (SSSR count). The number of aliphatic hydroxyl groups is 1. The van der Waals surface area contributed by atoms with E-state index in [1.165, 1.54) is 16.7 Å². The summed E-state index contributed by atoms with van der Waals surface area (Å²) < 4.78 is 33.5. The molecule has 7 heteroatoms. The van der Waals surface area contributed by atoms with Crippen molar-refractivity contribution in [1.29, 1.82) is 0 Å². The molecular weight excluding hydrogens is 496 g/mol. The molecule has 0 saturated heterocycles. The first-order valence-electron chi connectivity index (χ1n) is 13.6. The fraction of sp³-hybridized carbons (Fsp3) is 0.438. The van der Waals surface area contributed by atoms with Crippen LogP contribution in [0, 0.1) is 0 Å². The molecule has 0 fully saturated rings. The van der Waals surface area contributed by atoms with E-state index in [-0.39, 0.29) is 6.61 Å². The highest BCUT2D eigenvalue weighted by Gasteiger charge is 2.36. The topological polar surface area (TPSA) is 75.6 Å². The zero-order valence-electron chi connectivity index (χ0n) is 22.7. The highest BCUT2D eigenvalue weighted by atomic mass is 16.6. The Bertz CT molecular complexity index is 873. The summed E-state index contributed by atoms with van der Waals surface area (Å²) in [6.45, 7) is 5.85. The van der Waals surface area contributed by atoms with Crippen molar-refractivity contribution in [2.75, 3.05) is 85.9 Å². The molecule has 0 saturated carbocycles. The number of aliphatic hydroxyl groups excluding tert-OH is 1. The van der Waals surface area contributed by atoms with Gasteiger partial charge in [-0.05, 0) is 16.7 Å². The van der Waals surface area contributed by atoms with E-state index >= 15 is 0 Å². The first-order valence-corrected chi connectivity index (χ1v) is 13.6. The van der Waals surface area contributed by atoms with E-state index in [4.69, 9.17) is 33.5 Å². The van der Waals surface area contributed by atoms with Gasteiger partial charge in [0.15, 0.2) is 0 Å². The van der Waals surface area contributed by atoms with E-state index in [2.05, 4.69) is 72.8 Å². The molecule has 7 nitrogen and oxygen atoms in total. The van der Waals surface area contributed by atoms with Gasteiger partial charge in [-0.15, -0.1) is 0 Å². The summed E-state index contributed by atoms with van der Waals surface area (Å²) in [5.74, 6) is 0. The van der Waals surface area contributed by atoms with Crippen molar-refractivity contribution in [2.45, 2.75) is 5.41 Å². The van der Waals surface area contributed by atoms with Gasteiger partial charge in [0.25, 0.3) is 0 Å². The van der Waals surface area contributed by atoms with E-state index in [1.807, 2.05) is 18.2 Å². The maximum Gasteiger partial charge on any atom is 0.0701 e. The van der Waals surface area contributed by atoms with Gasteiger partial charge in [0.2, 0.25) is 0 Å². The lowest BCUT2D eigenvalue weighted by Gasteiger charge is -2.35. The normalized spacial score (nSPS) is 11.6. The van der Waals surface area contributed by atoms with Gasteiger partial charge >= 0.3 is 0 Å². The van der Waals surface area contributed by atoms with E-state index < -0.39 is 5.41 Å². The molecule has 3 aromatic carbocycles. The van der Waals surface area contributed by atoms with Gasteiger partial charge in [-0.3, -0.25) is 0 Å². The Kier molecular flexibility index (Phi) is 15.4. The van der Waals surface area contributed by atoms with Crippen molar-refractivity contribution in [3.8, 4) is 0 Å². The first-order chi connectivity index (χ1) is 19.4. The summed E-state index contributed by atoms with van der Waals surface area (Å²) in [5, 5.41) is 8.62. The van der Waals surface area contributed by atoms with Crippen LogP contribution in [0.3, 0.4) is 0 Å². The predicted octanol–water partition coefficient (Wildman–Crippen LogP) is 4.11. The highest BCUT2D eigenvalue weighted by molar-refractivity contribution is 5.50. The molecule has 0 spiro atoms. The molecule has 0 aliphatic heterocycles. The molecule has 0 unspecified atom stereocenters. The van der Waals surface area contributed by atoms with E-state index in [1.54, 1.807) is 0 Å². The molecule has 0 aromatic heterocycles. The Hall–Kier alpha value is -2.62. The quantitative estimate of drug-likeness (QED) is 0.152. The predicted molar refractivity (Wildman–Crippen MR) is 151 cm³/mol. The van der Waals surface area contributed by atoms with E-state index in [0.717, 1.165) is 0 Å². The Balaban J connectivity index is 1.34. The summed E-state index contributed by atoms with van der Waals surface area (Å²) in [6.07, 6.45) is 0. The molecule has 212 valence electrons. The Labute approximate surface area is 232 Å². The Morgan fingerprint density at radius 3 is 0.974 bits per heavy atom. The number of hydrogen-bond acceptors (Lipinski definition) is 7. The largest absolute Gasteiger partial charge is 0.394 e. The van der Waals surface area contributed by atoms with Crippen LogP contribution in [0.15, 0.2) is 91.0 Å². The third-order valence-electron chi connectivity index (χ3n) is 6.21. The second kappa shape index (κ2) is 19.4. The molecule has 0 amide bonds. The monoisotopic (exact) mass is 538 g/mol. The fourth-order valence-corrected chi connectivity index (χ4v) is 4.31. The summed E-state index contributed by atoms with van der Waals surface area (Å²) >= 11 is 0. The van der Waals surface area contributed by atoms with E-state index in [9.17, 15) is 0 Å². The third kappa shape index (κ3) is 10.8. The van der Waals surface area contributed by atoms with Gasteiger partial charge in [-0.25, -0.2) is 0 Å². The third-order valence-corrected chi connectivity index (χ3v) is 6.21. The van der Waals surface area contributed by atoms with Crippen LogP contribution in [0.5, 0.6) is 0 Å². The smallest absolute Gasteiger partial charge is 0.0701 e. The minimum atomic E-state index is -0.425. The average Bonchev–Trinajstić information content (AvgIpc) is 3.00. The second-order valence-corrected chi connectivity index (χ2v) is 8.84. The van der Waals surface area contributed by atoms with E-state index in [0.29, 0.717) is 79.3 Å². The van der Waals surface area contributed by atoms with Gasteiger partial charge in [0, 0.05) is 0 Å². The molecule has 0 heterocycles. The molecule has 39 heavy (non-hydrogen) atoms. The molecule has 1 N–H and O–H groups in total. The Morgan fingerprint density at radius 1 is 0.385 bits per heavy atom. The number of rotatable bonds is 22. The molecule has 0 aliphatic carbocycles. The number of ether oxygens (including phenoxy) is 6. The maximum absolute atomic E-state index is 8.62. The van der Waals surface area contributed by atoms with Crippen molar-refractivity contribution in [1.82, 2.24) is 0 Å². The van der Waals surface area contributed by atoms with Gasteiger partial charge in [0.05, 0.1) is 91.3 Å². The van der Waals surface area contributed by atoms with Gasteiger partial charge in [-0.1, -0.05) is 91.0 Å². The van der Waals surface area contributed by atoms with Crippen LogP contribution in [-0.2, 0) is 33.8 Å². The van der Waals surface area contributed by atoms with Gasteiger partial charge in [-0.2, -0.15) is 0 Å². The van der Waals surface area contributed by atoms with Crippen LogP contribution in [-0.4, -0.2) is 91.0 Å². The SMILES string of the molecule is OCCOCCOCCOCCOCCOCCOCC(c1ccccc1)(c1ccccc1)c1ccccc1. The zero-order valence-corrected chi connectivity index (χ0v) is 22.7. The summed E-state index contributed by atoms with van der Waals surface area (Å²) in [5.41, 5.74) is 3.15. The average molecular weight is 539 g/mol. The van der Waals surface area contributed by atoms with Crippen LogP contribution < -0.4 is 0 Å². The maximum atomic E-state index is 8.62. The molecule has 0 radical (unpaired) electrons. The zero-order chi connectivity index (χ0) is 27.3. The minimum Gasteiger partial charge on any atom is -0.394 e. The summed E-state index contributed by atoms with van der Waals surface area (Å²) in [7, 11) is 0. The molecule has 0 atom stereocenters. The van der Waals surface area contributed by atoms with Gasteiger partial charge in [0.1, 0.15) is 0 Å². The minimum absolute atomic E-state index is 0.0286. The first kappa shape index (κ1) is 30.9.